The Morgan fingerprint density at radius 1 is 0.333 bits per heavy atom. The predicted molar refractivity (Wildman–Crippen MR) is 193 cm³/mol. The first kappa shape index (κ1) is 26.0. The van der Waals surface area contributed by atoms with Gasteiger partial charge in [-0.25, -0.2) is 0 Å². The van der Waals surface area contributed by atoms with Crippen LogP contribution in [0.5, 0.6) is 0 Å². The molecule has 0 fully saturated rings. The van der Waals surface area contributed by atoms with E-state index in [2.05, 4.69) is 172 Å². The third kappa shape index (κ3) is 3.79. The second kappa shape index (κ2) is 9.78. The zero-order valence-electron chi connectivity index (χ0n) is 25.5. The van der Waals surface area contributed by atoms with Crippen LogP contribution >= 0.6 is 0 Å². The standard InChI is InChI=1S/C45H32/c1-45(2)40-25-13-12-23-37(40)44-38(24-14-26-41(44)45)43-35-21-10-8-19-33(35)42(34-20-9-11-22-36(34)43)31-27-30-17-6-7-18-32(30)39(28-31)29-15-4-3-5-16-29/h3-28H,1-2H3. The van der Waals surface area contributed by atoms with Crippen molar-refractivity contribution in [3.63, 3.8) is 0 Å². The maximum Gasteiger partial charge on any atom is 0.0159 e. The molecule has 0 aliphatic heterocycles. The first-order valence-electron chi connectivity index (χ1n) is 15.9. The van der Waals surface area contributed by atoms with Crippen molar-refractivity contribution in [1.29, 1.82) is 0 Å². The highest BCUT2D eigenvalue weighted by Crippen LogP contribution is 2.54. The number of fused-ring (bicyclic) bond motifs is 6. The van der Waals surface area contributed by atoms with Crippen LogP contribution in [0.1, 0.15) is 25.0 Å². The summed E-state index contributed by atoms with van der Waals surface area (Å²) in [6.07, 6.45) is 0. The fraction of sp³-hybridized carbons (Fsp3) is 0.0667. The van der Waals surface area contributed by atoms with Gasteiger partial charge in [0.15, 0.2) is 0 Å². The molecule has 0 heterocycles. The molecule has 0 bridgehead atoms. The van der Waals surface area contributed by atoms with E-state index in [0.29, 0.717) is 0 Å². The molecule has 0 heteroatoms. The Hall–Kier alpha value is -5.46. The average molecular weight is 573 g/mol. The largest absolute Gasteiger partial charge is 0.0622 e. The minimum absolute atomic E-state index is 0.0492. The summed E-state index contributed by atoms with van der Waals surface area (Å²) in [6, 6.07) is 58.4. The highest BCUT2D eigenvalue weighted by molar-refractivity contribution is 6.23. The molecule has 8 aromatic carbocycles. The molecule has 0 aromatic heterocycles. The molecule has 0 atom stereocenters. The van der Waals surface area contributed by atoms with Crippen molar-refractivity contribution in [3.05, 3.63) is 169 Å². The van der Waals surface area contributed by atoms with Crippen molar-refractivity contribution >= 4 is 32.3 Å². The lowest BCUT2D eigenvalue weighted by molar-refractivity contribution is 0.660. The normalized spacial score (nSPS) is 13.3. The Kier molecular flexibility index (Phi) is 5.64. The molecule has 0 spiro atoms. The monoisotopic (exact) mass is 572 g/mol. The Bertz CT molecular complexity index is 2390. The lowest BCUT2D eigenvalue weighted by Gasteiger charge is -2.23. The van der Waals surface area contributed by atoms with Gasteiger partial charge in [-0.3, -0.25) is 0 Å². The van der Waals surface area contributed by atoms with Crippen LogP contribution < -0.4 is 0 Å². The first-order chi connectivity index (χ1) is 22.1. The molecular formula is C45H32. The van der Waals surface area contributed by atoms with Gasteiger partial charge in [0.1, 0.15) is 0 Å². The molecule has 1 aliphatic rings. The van der Waals surface area contributed by atoms with Crippen LogP contribution in [0.3, 0.4) is 0 Å². The molecule has 45 heavy (non-hydrogen) atoms. The van der Waals surface area contributed by atoms with Crippen molar-refractivity contribution in [2.24, 2.45) is 0 Å². The van der Waals surface area contributed by atoms with E-state index < -0.39 is 0 Å². The SMILES string of the molecule is CC1(C)c2ccccc2-c2c(-c3c4ccccc4c(-c4cc(-c5ccccc5)c5ccccc5c4)c4ccccc34)cccc21. The third-order valence-corrected chi connectivity index (χ3v) is 10.0. The van der Waals surface area contributed by atoms with Gasteiger partial charge in [0.2, 0.25) is 0 Å². The molecule has 212 valence electrons. The van der Waals surface area contributed by atoms with Gasteiger partial charge in [-0.2, -0.15) is 0 Å². The lowest BCUT2D eigenvalue weighted by Crippen LogP contribution is -2.14. The lowest BCUT2D eigenvalue weighted by atomic mass is 9.80. The summed E-state index contributed by atoms with van der Waals surface area (Å²) in [5.41, 5.74) is 13.2. The molecule has 1 aliphatic carbocycles. The van der Waals surface area contributed by atoms with E-state index in [-0.39, 0.29) is 5.41 Å². The van der Waals surface area contributed by atoms with E-state index in [1.165, 1.54) is 88.0 Å². The van der Waals surface area contributed by atoms with Gasteiger partial charge < -0.3 is 0 Å². The first-order valence-corrected chi connectivity index (χ1v) is 15.9. The van der Waals surface area contributed by atoms with Crippen LogP contribution in [0.15, 0.2) is 158 Å². The Labute approximate surface area is 264 Å². The van der Waals surface area contributed by atoms with Crippen molar-refractivity contribution < 1.29 is 0 Å². The molecule has 0 saturated carbocycles. The van der Waals surface area contributed by atoms with Crippen LogP contribution in [-0.4, -0.2) is 0 Å². The van der Waals surface area contributed by atoms with Gasteiger partial charge in [0.25, 0.3) is 0 Å². The van der Waals surface area contributed by atoms with E-state index in [0.717, 1.165) is 0 Å². The highest BCUT2D eigenvalue weighted by atomic mass is 14.4. The molecule has 0 unspecified atom stereocenters. The predicted octanol–water partition coefficient (Wildman–Crippen LogP) is 12.5. The maximum atomic E-state index is 2.41. The van der Waals surface area contributed by atoms with Gasteiger partial charge >= 0.3 is 0 Å². The quantitative estimate of drug-likeness (QED) is 0.185. The zero-order chi connectivity index (χ0) is 30.1. The third-order valence-electron chi connectivity index (χ3n) is 10.0. The molecular weight excluding hydrogens is 540 g/mol. The summed E-state index contributed by atoms with van der Waals surface area (Å²) in [7, 11) is 0. The van der Waals surface area contributed by atoms with Crippen molar-refractivity contribution in [3.8, 4) is 44.5 Å². The number of rotatable bonds is 3. The Balaban J connectivity index is 1.41. The molecule has 0 N–H and O–H groups in total. The summed E-state index contributed by atoms with van der Waals surface area (Å²) in [5, 5.41) is 7.67. The molecule has 0 amide bonds. The molecule has 0 nitrogen and oxygen atoms in total. The van der Waals surface area contributed by atoms with E-state index >= 15 is 0 Å². The van der Waals surface area contributed by atoms with E-state index in [1.54, 1.807) is 0 Å². The summed E-state index contributed by atoms with van der Waals surface area (Å²) in [6.45, 7) is 4.73. The second-order valence-electron chi connectivity index (χ2n) is 12.9. The molecule has 0 radical (unpaired) electrons. The maximum absolute atomic E-state index is 2.41. The van der Waals surface area contributed by atoms with Crippen LogP contribution in [0, 0.1) is 0 Å². The van der Waals surface area contributed by atoms with Crippen molar-refractivity contribution in [2.45, 2.75) is 19.3 Å². The van der Waals surface area contributed by atoms with E-state index in [4.69, 9.17) is 0 Å². The van der Waals surface area contributed by atoms with Crippen LogP contribution in [0.25, 0.3) is 76.8 Å². The van der Waals surface area contributed by atoms with Crippen LogP contribution in [0.4, 0.5) is 0 Å². The van der Waals surface area contributed by atoms with Gasteiger partial charge in [-0.1, -0.05) is 159 Å². The number of benzene rings is 8. The topological polar surface area (TPSA) is 0 Å². The fourth-order valence-electron chi connectivity index (χ4n) is 8.00. The Morgan fingerprint density at radius 3 is 1.58 bits per heavy atom. The van der Waals surface area contributed by atoms with Gasteiger partial charge in [0.05, 0.1) is 0 Å². The second-order valence-corrected chi connectivity index (χ2v) is 12.9. The zero-order valence-corrected chi connectivity index (χ0v) is 25.5. The van der Waals surface area contributed by atoms with E-state index in [1.807, 2.05) is 0 Å². The van der Waals surface area contributed by atoms with Gasteiger partial charge in [0, 0.05) is 5.41 Å². The molecule has 8 aromatic rings. The van der Waals surface area contributed by atoms with Gasteiger partial charge in [-0.05, 0) is 100 Å². The minimum atomic E-state index is -0.0492. The fourth-order valence-corrected chi connectivity index (χ4v) is 8.00. The van der Waals surface area contributed by atoms with Crippen molar-refractivity contribution in [2.75, 3.05) is 0 Å². The summed E-state index contributed by atoms with van der Waals surface area (Å²) < 4.78 is 0. The van der Waals surface area contributed by atoms with E-state index in [9.17, 15) is 0 Å². The minimum Gasteiger partial charge on any atom is -0.0622 e. The smallest absolute Gasteiger partial charge is 0.0159 e. The molecule has 9 rings (SSSR count). The van der Waals surface area contributed by atoms with Crippen LogP contribution in [-0.2, 0) is 5.41 Å². The molecule has 0 saturated heterocycles. The average Bonchev–Trinajstić information content (AvgIpc) is 3.33. The van der Waals surface area contributed by atoms with Crippen LogP contribution in [0.2, 0.25) is 0 Å². The summed E-state index contributed by atoms with van der Waals surface area (Å²) >= 11 is 0. The number of hydrogen-bond acceptors (Lipinski definition) is 0. The highest BCUT2D eigenvalue weighted by Gasteiger charge is 2.37. The summed E-state index contributed by atoms with van der Waals surface area (Å²) in [5.74, 6) is 0. The summed E-state index contributed by atoms with van der Waals surface area (Å²) in [4.78, 5) is 0. The van der Waals surface area contributed by atoms with Gasteiger partial charge in [-0.15, -0.1) is 0 Å². The number of hydrogen-bond donors (Lipinski definition) is 0. The van der Waals surface area contributed by atoms with Crippen molar-refractivity contribution in [1.82, 2.24) is 0 Å². The Morgan fingerprint density at radius 2 is 0.867 bits per heavy atom.